The monoisotopic (exact) mass is 512 g/mol. The van der Waals surface area contributed by atoms with Gasteiger partial charge in [0.05, 0.1) is 59.5 Å². The van der Waals surface area contributed by atoms with Crippen molar-refractivity contribution in [2.45, 2.75) is 33.3 Å². The van der Waals surface area contributed by atoms with Crippen LogP contribution in [0, 0.1) is 13.8 Å². The van der Waals surface area contributed by atoms with E-state index in [1.807, 2.05) is 12.1 Å². The quantitative estimate of drug-likeness (QED) is 0.235. The minimum Gasteiger partial charge on any atom is -0.493 e. The van der Waals surface area contributed by atoms with Crippen molar-refractivity contribution in [2.24, 2.45) is 5.73 Å². The predicted molar refractivity (Wildman–Crippen MR) is 143 cm³/mol. The van der Waals surface area contributed by atoms with Crippen molar-refractivity contribution < 1.29 is 28.2 Å². The van der Waals surface area contributed by atoms with Gasteiger partial charge in [0.2, 0.25) is 0 Å². The minimum atomic E-state index is 0.393. The van der Waals surface area contributed by atoms with Gasteiger partial charge in [-0.3, -0.25) is 0 Å². The fourth-order valence-electron chi connectivity index (χ4n) is 3.86. The molecule has 0 saturated heterocycles. The molecule has 8 heteroatoms. The molecule has 2 N–H and O–H groups in total. The van der Waals surface area contributed by atoms with E-state index in [-0.39, 0.29) is 0 Å². The third-order valence-corrected chi connectivity index (χ3v) is 5.62. The number of nitrogens with two attached hydrogens (primary N) is 1. The van der Waals surface area contributed by atoms with Gasteiger partial charge in [-0.05, 0) is 54.7 Å². The summed E-state index contributed by atoms with van der Waals surface area (Å²) in [6, 6.07) is 16.7. The average Bonchev–Trinajstić information content (AvgIpc) is 3.36. The number of aryl methyl sites for hydroxylation is 3. The molecule has 0 saturated carbocycles. The fraction of sp³-hybridized carbons (Fsp3) is 0.483. The molecule has 0 aliphatic rings. The van der Waals surface area contributed by atoms with Crippen LogP contribution >= 0.6 is 0 Å². The minimum absolute atomic E-state index is 0.393. The number of hydrogen-bond acceptors (Lipinski definition) is 8. The van der Waals surface area contributed by atoms with Crippen molar-refractivity contribution in [1.82, 2.24) is 5.16 Å². The largest absolute Gasteiger partial charge is 0.493 e. The smallest absolute Gasteiger partial charge is 0.137 e. The van der Waals surface area contributed by atoms with E-state index in [9.17, 15) is 0 Å². The third-order valence-electron chi connectivity index (χ3n) is 5.62. The molecule has 0 amide bonds. The summed E-state index contributed by atoms with van der Waals surface area (Å²) in [5.74, 6) is 1.79. The molecule has 2 aromatic carbocycles. The Morgan fingerprint density at radius 3 is 2.00 bits per heavy atom. The Bertz CT molecular complexity index is 1000. The van der Waals surface area contributed by atoms with Crippen LogP contribution in [0.4, 0.5) is 0 Å². The summed E-state index contributed by atoms with van der Waals surface area (Å²) in [7, 11) is 0. The van der Waals surface area contributed by atoms with Gasteiger partial charge in [0, 0.05) is 19.0 Å². The van der Waals surface area contributed by atoms with E-state index in [4.69, 9.17) is 33.9 Å². The molecule has 0 fully saturated rings. The molecule has 0 spiro atoms. The lowest BCUT2D eigenvalue weighted by Crippen LogP contribution is -2.14. The van der Waals surface area contributed by atoms with Crippen molar-refractivity contribution in [3.05, 3.63) is 71.1 Å². The highest BCUT2D eigenvalue weighted by molar-refractivity contribution is 5.67. The van der Waals surface area contributed by atoms with Gasteiger partial charge in [0.15, 0.2) is 0 Å². The van der Waals surface area contributed by atoms with Gasteiger partial charge in [-0.15, -0.1) is 0 Å². The van der Waals surface area contributed by atoms with Crippen LogP contribution < -0.4 is 10.5 Å². The Morgan fingerprint density at radius 1 is 0.730 bits per heavy atom. The molecular weight excluding hydrogens is 472 g/mol. The lowest BCUT2D eigenvalue weighted by Gasteiger charge is -2.14. The van der Waals surface area contributed by atoms with Crippen molar-refractivity contribution >= 4 is 0 Å². The summed E-state index contributed by atoms with van der Waals surface area (Å²) >= 11 is 0. The van der Waals surface area contributed by atoms with E-state index in [1.54, 1.807) is 0 Å². The van der Waals surface area contributed by atoms with Crippen LogP contribution in [0.15, 0.2) is 53.1 Å². The van der Waals surface area contributed by atoms with Crippen molar-refractivity contribution in [3.8, 4) is 16.9 Å². The number of ether oxygens (including phenoxy) is 5. The number of aromatic nitrogens is 1. The molecule has 8 nitrogen and oxygen atoms in total. The predicted octanol–water partition coefficient (Wildman–Crippen LogP) is 4.50. The van der Waals surface area contributed by atoms with E-state index in [0.29, 0.717) is 66.0 Å². The molecular formula is C29H40N2O6. The van der Waals surface area contributed by atoms with Crippen LogP contribution in [0.25, 0.3) is 11.1 Å². The van der Waals surface area contributed by atoms with Gasteiger partial charge in [-0.25, -0.2) is 0 Å². The second kappa shape index (κ2) is 16.9. The Kier molecular flexibility index (Phi) is 13.2. The SMILES string of the molecule is Cc1cc(-c2ccccc2)cc(C)c1OCCCc1cc(COCCOCCOCCOCCN)no1. The molecule has 202 valence electrons. The van der Waals surface area contributed by atoms with Crippen LogP contribution in [0.5, 0.6) is 5.75 Å². The zero-order chi connectivity index (χ0) is 26.1. The van der Waals surface area contributed by atoms with Gasteiger partial charge in [0.1, 0.15) is 17.2 Å². The summed E-state index contributed by atoms with van der Waals surface area (Å²) in [6.07, 6.45) is 1.59. The lowest BCUT2D eigenvalue weighted by molar-refractivity contribution is -0.00391. The number of hydrogen-bond donors (Lipinski definition) is 1. The fourth-order valence-corrected chi connectivity index (χ4v) is 3.86. The lowest BCUT2D eigenvalue weighted by atomic mass is 10.00. The topological polar surface area (TPSA) is 98.2 Å². The molecule has 0 bridgehead atoms. The van der Waals surface area contributed by atoms with Crippen LogP contribution in [0.2, 0.25) is 0 Å². The summed E-state index contributed by atoms with van der Waals surface area (Å²) in [5, 5.41) is 4.09. The van der Waals surface area contributed by atoms with Crippen molar-refractivity contribution in [2.75, 3.05) is 59.4 Å². The molecule has 0 unspecified atom stereocenters. The highest BCUT2D eigenvalue weighted by Crippen LogP contribution is 2.30. The zero-order valence-corrected chi connectivity index (χ0v) is 22.1. The molecule has 1 aromatic heterocycles. The van der Waals surface area contributed by atoms with Gasteiger partial charge in [0.25, 0.3) is 0 Å². The molecule has 0 radical (unpaired) electrons. The third kappa shape index (κ3) is 10.6. The highest BCUT2D eigenvalue weighted by Gasteiger charge is 2.09. The zero-order valence-electron chi connectivity index (χ0n) is 22.1. The van der Waals surface area contributed by atoms with Crippen LogP contribution in [0.3, 0.4) is 0 Å². The Balaban J connectivity index is 1.25. The van der Waals surface area contributed by atoms with E-state index < -0.39 is 0 Å². The van der Waals surface area contributed by atoms with Crippen LogP contribution in [-0.4, -0.2) is 64.6 Å². The van der Waals surface area contributed by atoms with E-state index in [2.05, 4.69) is 55.4 Å². The molecule has 0 atom stereocenters. The number of benzene rings is 2. The first-order valence-corrected chi connectivity index (χ1v) is 12.9. The van der Waals surface area contributed by atoms with E-state index >= 15 is 0 Å². The maximum atomic E-state index is 6.12. The van der Waals surface area contributed by atoms with Gasteiger partial charge in [-0.2, -0.15) is 0 Å². The number of rotatable bonds is 19. The first kappa shape index (κ1) is 28.8. The second-order valence-electron chi connectivity index (χ2n) is 8.72. The normalized spacial score (nSPS) is 11.2. The Labute approximate surface area is 220 Å². The van der Waals surface area contributed by atoms with Crippen molar-refractivity contribution in [1.29, 1.82) is 0 Å². The van der Waals surface area contributed by atoms with E-state index in [1.165, 1.54) is 11.1 Å². The Hall–Kier alpha value is -2.75. The summed E-state index contributed by atoms with van der Waals surface area (Å²) in [5.41, 5.74) is 10.8. The molecule has 3 rings (SSSR count). The first-order valence-electron chi connectivity index (χ1n) is 12.9. The average molecular weight is 513 g/mol. The second-order valence-corrected chi connectivity index (χ2v) is 8.72. The Morgan fingerprint density at radius 2 is 1.35 bits per heavy atom. The van der Waals surface area contributed by atoms with Crippen molar-refractivity contribution in [3.63, 3.8) is 0 Å². The van der Waals surface area contributed by atoms with Crippen LogP contribution in [0.1, 0.15) is 29.0 Å². The highest BCUT2D eigenvalue weighted by atomic mass is 16.6. The van der Waals surface area contributed by atoms with E-state index in [0.717, 1.165) is 41.2 Å². The molecule has 37 heavy (non-hydrogen) atoms. The molecule has 1 heterocycles. The van der Waals surface area contributed by atoms with Crippen LogP contribution in [-0.2, 0) is 32.0 Å². The molecule has 0 aliphatic carbocycles. The molecule has 3 aromatic rings. The van der Waals surface area contributed by atoms with Gasteiger partial charge in [-0.1, -0.05) is 35.5 Å². The first-order chi connectivity index (χ1) is 18.2. The summed E-state index contributed by atoms with van der Waals surface area (Å²) in [6.45, 7) is 9.41. The summed E-state index contributed by atoms with van der Waals surface area (Å²) in [4.78, 5) is 0. The maximum absolute atomic E-state index is 6.12. The maximum Gasteiger partial charge on any atom is 0.137 e. The van der Waals surface area contributed by atoms with Gasteiger partial charge >= 0.3 is 0 Å². The number of nitrogens with zero attached hydrogens (tertiary/aromatic N) is 1. The standard InChI is InChI=1S/C29H40N2O6/c1-23-19-26(25-7-4-3-5-8-25)20-24(2)29(23)36-11-6-9-28-21-27(31-37-28)22-35-18-17-34-16-15-33-14-13-32-12-10-30/h3-5,7-8,19-21H,6,9-18,22,30H2,1-2H3. The molecule has 0 aliphatic heterocycles. The summed E-state index contributed by atoms with van der Waals surface area (Å²) < 4.78 is 33.3. The van der Waals surface area contributed by atoms with Gasteiger partial charge < -0.3 is 33.9 Å².